The second-order valence-electron chi connectivity index (χ2n) is 6.47. The number of aromatic nitrogens is 1. The molecule has 0 spiro atoms. The van der Waals surface area contributed by atoms with Gasteiger partial charge < -0.3 is 4.74 Å². The van der Waals surface area contributed by atoms with Crippen LogP contribution >= 0.6 is 23.1 Å². The molecule has 0 radical (unpaired) electrons. The molecule has 4 rings (SSSR count). The number of aryl methyl sites for hydroxylation is 1. The second kappa shape index (κ2) is 8.59. The zero-order valence-corrected chi connectivity index (χ0v) is 16.8. The minimum atomic E-state index is -0.308. The maximum absolute atomic E-state index is 12.2. The summed E-state index contributed by atoms with van der Waals surface area (Å²) in [5.41, 5.74) is 4.77. The highest BCUT2D eigenvalue weighted by Gasteiger charge is 2.25. The van der Waals surface area contributed by atoms with Crippen LogP contribution in [-0.2, 0) is 29.0 Å². The van der Waals surface area contributed by atoms with Gasteiger partial charge in [0.05, 0.1) is 11.3 Å². The molecule has 6 heteroatoms. The predicted octanol–water partition coefficient (Wildman–Crippen LogP) is 5.01. The van der Waals surface area contributed by atoms with Crippen LogP contribution < -0.4 is 0 Å². The molecule has 2 aromatic heterocycles. The number of thioether (sulfide) groups is 1. The van der Waals surface area contributed by atoms with E-state index < -0.39 is 0 Å². The highest BCUT2D eigenvalue weighted by molar-refractivity contribution is 7.99. The minimum Gasteiger partial charge on any atom is -0.460 e. The summed E-state index contributed by atoms with van der Waals surface area (Å²) in [5, 5.41) is 12.5. The molecule has 1 aliphatic rings. The van der Waals surface area contributed by atoms with E-state index in [0.717, 1.165) is 41.0 Å². The normalized spacial score (nSPS) is 12.4. The van der Waals surface area contributed by atoms with Crippen molar-refractivity contribution in [3.63, 3.8) is 0 Å². The van der Waals surface area contributed by atoms with Crippen molar-refractivity contribution in [1.82, 2.24) is 4.98 Å². The van der Waals surface area contributed by atoms with Crippen molar-refractivity contribution in [2.24, 2.45) is 0 Å². The van der Waals surface area contributed by atoms with Gasteiger partial charge in [-0.15, -0.1) is 11.3 Å². The van der Waals surface area contributed by atoms with Crippen molar-refractivity contribution < 1.29 is 9.53 Å². The molecule has 0 saturated carbocycles. The van der Waals surface area contributed by atoms with Crippen LogP contribution in [0, 0.1) is 11.3 Å². The number of carbonyl (C=O) groups is 1. The molecule has 0 fully saturated rings. The number of hydrogen-bond donors (Lipinski definition) is 0. The summed E-state index contributed by atoms with van der Waals surface area (Å²) in [7, 11) is 0. The smallest absolute Gasteiger partial charge is 0.316 e. The lowest BCUT2D eigenvalue weighted by Gasteiger charge is -2.13. The summed E-state index contributed by atoms with van der Waals surface area (Å²) in [6.07, 6.45) is 2.93. The van der Waals surface area contributed by atoms with E-state index in [-0.39, 0.29) is 18.3 Å². The van der Waals surface area contributed by atoms with Crippen molar-refractivity contribution in [1.29, 1.82) is 5.26 Å². The first-order chi connectivity index (χ1) is 13.8. The molecule has 0 bridgehead atoms. The molecule has 0 N–H and O–H groups in total. The first-order valence-corrected chi connectivity index (χ1v) is 10.9. The summed E-state index contributed by atoms with van der Waals surface area (Å²) in [5.74, 6) is -0.172. The van der Waals surface area contributed by atoms with Gasteiger partial charge in [-0.25, -0.2) is 4.98 Å². The number of ether oxygens (including phenoxy) is 1. The lowest BCUT2D eigenvalue weighted by Crippen LogP contribution is -2.08. The summed E-state index contributed by atoms with van der Waals surface area (Å²) in [6.45, 7) is 0.253. The fourth-order valence-corrected chi connectivity index (χ4v) is 4.97. The van der Waals surface area contributed by atoms with Gasteiger partial charge >= 0.3 is 5.97 Å². The Bertz CT molecular complexity index is 1020. The van der Waals surface area contributed by atoms with E-state index in [0.29, 0.717) is 10.6 Å². The minimum absolute atomic E-state index is 0.136. The van der Waals surface area contributed by atoms with E-state index in [1.165, 1.54) is 17.3 Å². The Morgan fingerprint density at radius 2 is 2.07 bits per heavy atom. The van der Waals surface area contributed by atoms with Gasteiger partial charge in [-0.1, -0.05) is 48.2 Å². The number of benzene rings is 1. The molecule has 140 valence electrons. The molecule has 4 nitrogen and oxygen atoms in total. The van der Waals surface area contributed by atoms with Crippen LogP contribution in [0.4, 0.5) is 0 Å². The molecule has 2 heterocycles. The fourth-order valence-electron chi connectivity index (χ4n) is 3.36. The molecule has 0 amide bonds. The monoisotopic (exact) mass is 406 g/mol. The zero-order chi connectivity index (χ0) is 19.3. The van der Waals surface area contributed by atoms with E-state index in [1.54, 1.807) is 11.3 Å². The zero-order valence-electron chi connectivity index (χ0n) is 15.2. The Hall–Kier alpha value is -2.62. The Labute approximate surface area is 172 Å². The van der Waals surface area contributed by atoms with Gasteiger partial charge in [0, 0.05) is 16.1 Å². The molecule has 1 aliphatic carbocycles. The average Bonchev–Trinajstić information content (AvgIpc) is 3.42. The number of fused-ring (bicyclic) bond motifs is 1. The number of esters is 1. The summed E-state index contributed by atoms with van der Waals surface area (Å²) >= 11 is 2.92. The molecular formula is C22H18N2O2S2. The molecule has 0 unspecified atom stereocenters. The van der Waals surface area contributed by atoms with Crippen molar-refractivity contribution in [2.45, 2.75) is 30.9 Å². The van der Waals surface area contributed by atoms with E-state index in [9.17, 15) is 10.1 Å². The standard InChI is InChI=1S/C22H18N2O2S2/c23-12-17-21(19-10-5-11-27-19)16-8-4-9-18(16)24-22(17)28-14-20(25)26-13-15-6-2-1-3-7-15/h1-3,5-7,10-11H,4,8-9,13-14H2. The van der Waals surface area contributed by atoms with Crippen LogP contribution in [0.25, 0.3) is 10.4 Å². The molecule has 0 aliphatic heterocycles. The van der Waals surface area contributed by atoms with Gasteiger partial charge in [0.25, 0.3) is 0 Å². The Balaban J connectivity index is 1.53. The highest BCUT2D eigenvalue weighted by atomic mass is 32.2. The van der Waals surface area contributed by atoms with Gasteiger partial charge in [0.1, 0.15) is 17.7 Å². The number of pyridine rings is 1. The van der Waals surface area contributed by atoms with Gasteiger partial charge in [0.15, 0.2) is 0 Å². The Morgan fingerprint density at radius 1 is 1.21 bits per heavy atom. The van der Waals surface area contributed by atoms with Crippen LogP contribution in [0.15, 0.2) is 52.9 Å². The third-order valence-electron chi connectivity index (χ3n) is 4.64. The maximum Gasteiger partial charge on any atom is 0.316 e. The van der Waals surface area contributed by atoms with Crippen molar-refractivity contribution >= 4 is 29.1 Å². The summed E-state index contributed by atoms with van der Waals surface area (Å²) in [4.78, 5) is 18.0. The van der Waals surface area contributed by atoms with Crippen molar-refractivity contribution in [3.8, 4) is 16.5 Å². The number of carbonyl (C=O) groups excluding carboxylic acids is 1. The number of nitriles is 1. The van der Waals surface area contributed by atoms with Crippen LogP contribution in [0.1, 0.15) is 28.8 Å². The third kappa shape index (κ3) is 3.96. The van der Waals surface area contributed by atoms with E-state index >= 15 is 0 Å². The summed E-state index contributed by atoms with van der Waals surface area (Å²) in [6, 6.07) is 16.0. The number of thiophene rings is 1. The van der Waals surface area contributed by atoms with E-state index in [2.05, 4.69) is 6.07 Å². The van der Waals surface area contributed by atoms with Crippen molar-refractivity contribution in [3.05, 3.63) is 70.2 Å². The van der Waals surface area contributed by atoms with E-state index in [4.69, 9.17) is 9.72 Å². The second-order valence-corrected chi connectivity index (χ2v) is 8.38. The largest absolute Gasteiger partial charge is 0.460 e. The van der Waals surface area contributed by atoms with Gasteiger partial charge in [0.2, 0.25) is 0 Å². The molecule has 0 atom stereocenters. The number of nitrogens with zero attached hydrogens (tertiary/aromatic N) is 2. The average molecular weight is 407 g/mol. The number of rotatable bonds is 6. The number of hydrogen-bond acceptors (Lipinski definition) is 6. The third-order valence-corrected chi connectivity index (χ3v) is 6.48. The molecule has 28 heavy (non-hydrogen) atoms. The first-order valence-electron chi connectivity index (χ1n) is 9.08. The fraction of sp³-hybridized carbons (Fsp3) is 0.227. The topological polar surface area (TPSA) is 63.0 Å². The highest BCUT2D eigenvalue weighted by Crippen LogP contribution is 2.40. The van der Waals surface area contributed by atoms with Crippen molar-refractivity contribution in [2.75, 3.05) is 5.75 Å². The van der Waals surface area contributed by atoms with E-state index in [1.807, 2.05) is 47.8 Å². The summed E-state index contributed by atoms with van der Waals surface area (Å²) < 4.78 is 5.35. The maximum atomic E-state index is 12.2. The predicted molar refractivity (Wildman–Crippen MR) is 111 cm³/mol. The lowest BCUT2D eigenvalue weighted by atomic mass is 10.0. The van der Waals surface area contributed by atoms with Crippen LogP contribution in [0.3, 0.4) is 0 Å². The van der Waals surface area contributed by atoms with Crippen LogP contribution in [0.5, 0.6) is 0 Å². The first kappa shape index (κ1) is 18.7. The SMILES string of the molecule is N#Cc1c(SCC(=O)OCc2ccccc2)nc2c(c1-c1cccs1)CCC2. The van der Waals surface area contributed by atoms with Gasteiger partial charge in [-0.05, 0) is 41.8 Å². The van der Waals surface area contributed by atoms with Gasteiger partial charge in [-0.3, -0.25) is 4.79 Å². The molecule has 0 saturated heterocycles. The molecule has 1 aromatic carbocycles. The van der Waals surface area contributed by atoms with Crippen LogP contribution in [0.2, 0.25) is 0 Å². The van der Waals surface area contributed by atoms with Gasteiger partial charge in [-0.2, -0.15) is 5.26 Å². The Kier molecular flexibility index (Phi) is 5.75. The van der Waals surface area contributed by atoms with Crippen LogP contribution in [-0.4, -0.2) is 16.7 Å². The quantitative estimate of drug-likeness (QED) is 0.425. The molecule has 3 aromatic rings. The lowest BCUT2D eigenvalue weighted by molar-refractivity contribution is -0.141. The molecular weight excluding hydrogens is 388 g/mol. The Morgan fingerprint density at radius 3 is 2.82 bits per heavy atom.